The van der Waals surface area contributed by atoms with Gasteiger partial charge < -0.3 is 16.0 Å². The maximum absolute atomic E-state index is 11.5. The molecule has 3 N–H and O–H groups in total. The summed E-state index contributed by atoms with van der Waals surface area (Å²) in [7, 11) is 2.08. The minimum absolute atomic E-state index is 0.0198. The van der Waals surface area contributed by atoms with Crippen LogP contribution in [0.2, 0.25) is 0 Å². The molecule has 0 aromatic carbocycles. The van der Waals surface area contributed by atoms with Gasteiger partial charge in [-0.3, -0.25) is 4.79 Å². The van der Waals surface area contributed by atoms with Crippen molar-refractivity contribution in [2.24, 2.45) is 5.73 Å². The fourth-order valence-electron chi connectivity index (χ4n) is 1.44. The lowest BCUT2D eigenvalue weighted by atomic mass is 10.3. The molecular weight excluding hydrogens is 190 g/mol. The smallest absolute Gasteiger partial charge is 0.240 e. The molecule has 0 bridgehead atoms. The molecule has 1 amide bonds. The lowest BCUT2D eigenvalue weighted by molar-refractivity contribution is -0.123. The quantitative estimate of drug-likeness (QED) is 0.640. The van der Waals surface area contributed by atoms with Gasteiger partial charge in [-0.1, -0.05) is 13.3 Å². The molecule has 1 saturated carbocycles. The van der Waals surface area contributed by atoms with Crippen LogP contribution in [0.4, 0.5) is 0 Å². The van der Waals surface area contributed by atoms with Crippen LogP contribution in [0.25, 0.3) is 0 Å². The van der Waals surface area contributed by atoms with Gasteiger partial charge in [-0.05, 0) is 32.9 Å². The number of hydrogen-bond donors (Lipinski definition) is 2. The van der Waals surface area contributed by atoms with Crippen LogP contribution in [-0.2, 0) is 4.79 Å². The number of rotatable bonds is 7. The third-order valence-corrected chi connectivity index (χ3v) is 2.91. The first-order valence-corrected chi connectivity index (χ1v) is 5.84. The molecule has 0 heterocycles. The Balaban J connectivity index is 2.03. The molecular formula is C11H23N3O. The molecule has 15 heavy (non-hydrogen) atoms. The number of carbonyl (C=O) groups is 1. The highest BCUT2D eigenvalue weighted by atomic mass is 16.2. The van der Waals surface area contributed by atoms with Gasteiger partial charge in [-0.2, -0.15) is 0 Å². The Labute approximate surface area is 92.2 Å². The summed E-state index contributed by atoms with van der Waals surface area (Å²) >= 11 is 0. The average molecular weight is 213 g/mol. The van der Waals surface area contributed by atoms with Crippen LogP contribution in [-0.4, -0.2) is 43.0 Å². The average Bonchev–Trinajstić information content (AvgIpc) is 2.94. The van der Waals surface area contributed by atoms with Crippen molar-refractivity contribution in [2.45, 2.75) is 38.1 Å². The molecule has 1 aliphatic carbocycles. The van der Waals surface area contributed by atoms with Crippen LogP contribution in [0.5, 0.6) is 0 Å². The Morgan fingerprint density at radius 1 is 1.47 bits per heavy atom. The number of nitrogens with two attached hydrogens (primary N) is 1. The van der Waals surface area contributed by atoms with Gasteiger partial charge in [0.1, 0.15) is 0 Å². The van der Waals surface area contributed by atoms with Gasteiger partial charge in [-0.15, -0.1) is 0 Å². The summed E-state index contributed by atoms with van der Waals surface area (Å²) < 4.78 is 0. The number of unbranched alkanes of at least 4 members (excludes halogenated alkanes) is 1. The zero-order valence-corrected chi connectivity index (χ0v) is 9.88. The number of amides is 1. The minimum atomic E-state index is -0.526. The van der Waals surface area contributed by atoms with E-state index < -0.39 is 5.54 Å². The molecule has 0 aliphatic heterocycles. The zero-order valence-electron chi connectivity index (χ0n) is 9.88. The molecule has 1 aliphatic rings. The first-order valence-electron chi connectivity index (χ1n) is 5.84. The van der Waals surface area contributed by atoms with E-state index in [1.54, 1.807) is 0 Å². The number of nitrogens with zero attached hydrogens (tertiary/aromatic N) is 1. The summed E-state index contributed by atoms with van der Waals surface area (Å²) in [4.78, 5) is 13.7. The molecule has 0 unspecified atom stereocenters. The molecule has 0 spiro atoms. The Morgan fingerprint density at radius 3 is 2.67 bits per heavy atom. The predicted octanol–water partition coefficient (Wildman–Crippen LogP) is 0.326. The van der Waals surface area contributed by atoms with Crippen molar-refractivity contribution in [3.63, 3.8) is 0 Å². The monoisotopic (exact) mass is 213 g/mol. The van der Waals surface area contributed by atoms with Gasteiger partial charge in [0.15, 0.2) is 0 Å². The molecule has 0 saturated heterocycles. The van der Waals surface area contributed by atoms with E-state index in [4.69, 9.17) is 5.73 Å². The summed E-state index contributed by atoms with van der Waals surface area (Å²) in [6.07, 6.45) is 4.10. The van der Waals surface area contributed by atoms with E-state index in [9.17, 15) is 4.79 Å². The Morgan fingerprint density at radius 2 is 2.13 bits per heavy atom. The van der Waals surface area contributed by atoms with Crippen molar-refractivity contribution in [1.29, 1.82) is 0 Å². The predicted molar refractivity (Wildman–Crippen MR) is 61.6 cm³/mol. The summed E-state index contributed by atoms with van der Waals surface area (Å²) in [6.45, 7) is 4.89. The van der Waals surface area contributed by atoms with Crippen molar-refractivity contribution in [2.75, 3.05) is 26.7 Å². The van der Waals surface area contributed by atoms with Crippen molar-refractivity contribution >= 4 is 5.91 Å². The maximum Gasteiger partial charge on any atom is 0.240 e. The van der Waals surface area contributed by atoms with Crippen LogP contribution < -0.4 is 11.1 Å². The number of carbonyl (C=O) groups excluding carboxylic acids is 1. The van der Waals surface area contributed by atoms with Crippen molar-refractivity contribution in [3.05, 3.63) is 0 Å². The van der Waals surface area contributed by atoms with Crippen LogP contribution in [0, 0.1) is 0 Å². The van der Waals surface area contributed by atoms with Gasteiger partial charge in [-0.25, -0.2) is 0 Å². The van der Waals surface area contributed by atoms with E-state index in [0.717, 1.165) is 25.9 Å². The van der Waals surface area contributed by atoms with Crippen LogP contribution in [0.15, 0.2) is 0 Å². The van der Waals surface area contributed by atoms with E-state index in [1.807, 2.05) is 0 Å². The van der Waals surface area contributed by atoms with Crippen molar-refractivity contribution < 1.29 is 4.79 Å². The number of hydrogen-bond acceptors (Lipinski definition) is 3. The van der Waals surface area contributed by atoms with E-state index in [1.165, 1.54) is 12.8 Å². The summed E-state index contributed by atoms with van der Waals surface area (Å²) in [5.41, 5.74) is 5.24. The number of likely N-dealkylation sites (N-methyl/N-ethyl adjacent to an activating group) is 1. The van der Waals surface area contributed by atoms with Crippen molar-refractivity contribution in [1.82, 2.24) is 10.2 Å². The van der Waals surface area contributed by atoms with E-state index >= 15 is 0 Å². The van der Waals surface area contributed by atoms with Gasteiger partial charge in [0, 0.05) is 13.1 Å². The van der Waals surface area contributed by atoms with Gasteiger partial charge in [0.25, 0.3) is 0 Å². The van der Waals surface area contributed by atoms with Crippen LogP contribution in [0.1, 0.15) is 32.6 Å². The van der Waals surface area contributed by atoms with Crippen LogP contribution >= 0.6 is 0 Å². The molecule has 1 rings (SSSR count). The Kier molecular flexibility index (Phi) is 4.54. The van der Waals surface area contributed by atoms with Gasteiger partial charge >= 0.3 is 0 Å². The third kappa shape index (κ3) is 4.18. The normalized spacial score (nSPS) is 17.9. The second-order valence-corrected chi connectivity index (χ2v) is 4.57. The lowest BCUT2D eigenvalue weighted by Gasteiger charge is -2.17. The highest BCUT2D eigenvalue weighted by molar-refractivity contribution is 5.88. The topological polar surface area (TPSA) is 58.4 Å². The number of nitrogens with one attached hydrogen (secondary N) is 1. The molecule has 88 valence electrons. The molecule has 0 radical (unpaired) electrons. The summed E-state index contributed by atoms with van der Waals surface area (Å²) in [5, 5.41) is 2.89. The van der Waals surface area contributed by atoms with Crippen LogP contribution in [0.3, 0.4) is 0 Å². The Bertz CT molecular complexity index is 214. The van der Waals surface area contributed by atoms with Gasteiger partial charge in [0.05, 0.1) is 5.54 Å². The standard InChI is InChI=1S/C11H23N3O/c1-3-4-8-14(2)9-7-13-10(15)11(12)5-6-11/h3-9,12H2,1-2H3,(H,13,15). The maximum atomic E-state index is 11.5. The molecule has 1 fully saturated rings. The fourth-order valence-corrected chi connectivity index (χ4v) is 1.44. The van der Waals surface area contributed by atoms with Gasteiger partial charge in [0.2, 0.25) is 5.91 Å². The largest absolute Gasteiger partial charge is 0.353 e. The fraction of sp³-hybridized carbons (Fsp3) is 0.909. The second-order valence-electron chi connectivity index (χ2n) is 4.57. The molecule has 4 heteroatoms. The zero-order chi connectivity index (χ0) is 11.3. The van der Waals surface area contributed by atoms with Crippen molar-refractivity contribution in [3.8, 4) is 0 Å². The third-order valence-electron chi connectivity index (χ3n) is 2.91. The molecule has 0 aromatic heterocycles. The van der Waals surface area contributed by atoms with E-state index in [-0.39, 0.29) is 5.91 Å². The second kappa shape index (κ2) is 5.47. The lowest BCUT2D eigenvalue weighted by Crippen LogP contribution is -2.45. The first-order chi connectivity index (χ1) is 7.08. The molecule has 4 nitrogen and oxygen atoms in total. The molecule has 0 atom stereocenters. The highest BCUT2D eigenvalue weighted by Gasteiger charge is 2.45. The first kappa shape index (κ1) is 12.5. The van der Waals surface area contributed by atoms with E-state index in [2.05, 4.69) is 24.2 Å². The van der Waals surface area contributed by atoms with E-state index in [0.29, 0.717) is 6.54 Å². The molecule has 0 aromatic rings. The summed E-state index contributed by atoms with van der Waals surface area (Å²) in [6, 6.07) is 0. The highest BCUT2D eigenvalue weighted by Crippen LogP contribution is 2.31. The Hall–Kier alpha value is -0.610. The minimum Gasteiger partial charge on any atom is -0.353 e. The SMILES string of the molecule is CCCCN(C)CCNC(=O)C1(N)CC1. The summed E-state index contributed by atoms with van der Waals surface area (Å²) in [5.74, 6) is 0.0198.